The van der Waals surface area contributed by atoms with Gasteiger partial charge in [0.15, 0.2) is 0 Å². The maximum absolute atomic E-state index is 8.68. The Bertz CT molecular complexity index is 494. The largest absolute Gasteiger partial charge is 0.497 e. The molecule has 19 heavy (non-hydrogen) atoms. The van der Waals surface area contributed by atoms with Crippen LogP contribution in [0.15, 0.2) is 58.3 Å². The molecule has 0 aliphatic heterocycles. The summed E-state index contributed by atoms with van der Waals surface area (Å²) in [6.07, 6.45) is 0. The summed E-state index contributed by atoms with van der Waals surface area (Å²) < 4.78 is 10.4. The topological polar surface area (TPSA) is 38.7 Å². The Morgan fingerprint density at radius 3 is 1.89 bits per heavy atom. The van der Waals surface area contributed by atoms with Crippen molar-refractivity contribution in [2.45, 2.75) is 9.79 Å². The molecule has 0 spiro atoms. The maximum atomic E-state index is 8.68. The quantitative estimate of drug-likeness (QED) is 0.879. The summed E-state index contributed by atoms with van der Waals surface area (Å²) >= 11 is 1.68. The minimum atomic E-state index is 0.0301. The van der Waals surface area contributed by atoms with Crippen LogP contribution >= 0.6 is 11.8 Å². The highest BCUT2D eigenvalue weighted by atomic mass is 32.2. The fourth-order valence-corrected chi connectivity index (χ4v) is 2.36. The molecule has 2 rings (SSSR count). The third kappa shape index (κ3) is 4.19. The predicted molar refractivity (Wildman–Crippen MR) is 76.1 cm³/mol. The lowest BCUT2D eigenvalue weighted by Crippen LogP contribution is -2.01. The van der Waals surface area contributed by atoms with E-state index in [-0.39, 0.29) is 6.61 Å². The molecule has 2 aromatic rings. The number of hydrogen-bond donors (Lipinski definition) is 1. The van der Waals surface area contributed by atoms with Gasteiger partial charge >= 0.3 is 0 Å². The van der Waals surface area contributed by atoms with Crippen LogP contribution in [0.3, 0.4) is 0 Å². The van der Waals surface area contributed by atoms with Gasteiger partial charge in [0.1, 0.15) is 18.1 Å². The molecule has 0 aliphatic rings. The molecule has 0 saturated carbocycles. The Kier molecular flexibility index (Phi) is 5.12. The number of methoxy groups -OCH3 is 1. The van der Waals surface area contributed by atoms with Crippen molar-refractivity contribution < 1.29 is 14.6 Å². The molecule has 4 heteroatoms. The van der Waals surface area contributed by atoms with Gasteiger partial charge in [-0.15, -0.1) is 0 Å². The van der Waals surface area contributed by atoms with Gasteiger partial charge in [0.2, 0.25) is 0 Å². The molecule has 0 bridgehead atoms. The first kappa shape index (κ1) is 13.8. The molecule has 0 saturated heterocycles. The van der Waals surface area contributed by atoms with E-state index in [0.717, 1.165) is 21.3 Å². The average Bonchev–Trinajstić information content (AvgIpc) is 2.47. The number of benzene rings is 2. The van der Waals surface area contributed by atoms with Gasteiger partial charge in [-0.2, -0.15) is 0 Å². The van der Waals surface area contributed by atoms with Crippen LogP contribution in [0.1, 0.15) is 0 Å². The molecule has 0 aromatic heterocycles. The van der Waals surface area contributed by atoms with Crippen LogP contribution in [0, 0.1) is 0 Å². The van der Waals surface area contributed by atoms with Gasteiger partial charge in [-0.1, -0.05) is 11.8 Å². The number of hydrogen-bond acceptors (Lipinski definition) is 4. The van der Waals surface area contributed by atoms with Crippen molar-refractivity contribution in [2.75, 3.05) is 20.3 Å². The molecule has 0 amide bonds. The third-order valence-corrected chi connectivity index (χ3v) is 3.49. The first-order valence-corrected chi connectivity index (χ1v) is 6.79. The average molecular weight is 276 g/mol. The Hall–Kier alpha value is -1.65. The van der Waals surface area contributed by atoms with Gasteiger partial charge in [0, 0.05) is 9.79 Å². The molecular formula is C15H16O3S. The number of aliphatic hydroxyl groups is 1. The van der Waals surface area contributed by atoms with Crippen molar-refractivity contribution in [3.05, 3.63) is 48.5 Å². The molecule has 0 fully saturated rings. The lowest BCUT2D eigenvalue weighted by molar-refractivity contribution is 0.201. The first-order valence-electron chi connectivity index (χ1n) is 5.97. The summed E-state index contributed by atoms with van der Waals surface area (Å²) in [6.45, 7) is 0.354. The summed E-state index contributed by atoms with van der Waals surface area (Å²) in [5, 5.41) is 8.68. The molecule has 100 valence electrons. The molecule has 0 unspecified atom stereocenters. The van der Waals surface area contributed by atoms with E-state index >= 15 is 0 Å². The van der Waals surface area contributed by atoms with Crippen molar-refractivity contribution in [1.82, 2.24) is 0 Å². The smallest absolute Gasteiger partial charge is 0.119 e. The van der Waals surface area contributed by atoms with Gasteiger partial charge < -0.3 is 14.6 Å². The van der Waals surface area contributed by atoms with Crippen LogP contribution in [-0.2, 0) is 0 Å². The normalized spacial score (nSPS) is 10.2. The van der Waals surface area contributed by atoms with E-state index < -0.39 is 0 Å². The number of ether oxygens (including phenoxy) is 2. The second-order valence-electron chi connectivity index (χ2n) is 3.82. The third-order valence-electron chi connectivity index (χ3n) is 2.48. The Morgan fingerprint density at radius 1 is 0.895 bits per heavy atom. The van der Waals surface area contributed by atoms with Gasteiger partial charge in [-0.25, -0.2) is 0 Å². The first-order chi connectivity index (χ1) is 9.31. The zero-order valence-corrected chi connectivity index (χ0v) is 11.5. The van der Waals surface area contributed by atoms with Crippen molar-refractivity contribution in [1.29, 1.82) is 0 Å². The van der Waals surface area contributed by atoms with E-state index in [9.17, 15) is 0 Å². The maximum Gasteiger partial charge on any atom is 0.119 e. The lowest BCUT2D eigenvalue weighted by atomic mass is 10.3. The predicted octanol–water partition coefficient (Wildman–Crippen LogP) is 3.22. The molecule has 1 N–H and O–H groups in total. The fourth-order valence-electron chi connectivity index (χ4n) is 1.55. The van der Waals surface area contributed by atoms with Crippen LogP contribution < -0.4 is 9.47 Å². The molecular weight excluding hydrogens is 260 g/mol. The molecule has 0 aliphatic carbocycles. The highest BCUT2D eigenvalue weighted by Gasteiger charge is 1.99. The summed E-state index contributed by atoms with van der Waals surface area (Å²) in [6, 6.07) is 15.8. The van der Waals surface area contributed by atoms with Gasteiger partial charge in [0.05, 0.1) is 13.7 Å². The highest BCUT2D eigenvalue weighted by Crippen LogP contribution is 2.30. The SMILES string of the molecule is COc1ccc(Sc2ccc(OCCO)cc2)cc1. The zero-order valence-electron chi connectivity index (χ0n) is 10.7. The molecule has 0 heterocycles. The van der Waals surface area contributed by atoms with Crippen LogP contribution in [0.5, 0.6) is 11.5 Å². The minimum absolute atomic E-state index is 0.0301. The van der Waals surface area contributed by atoms with Gasteiger partial charge in [-0.3, -0.25) is 0 Å². The van der Waals surface area contributed by atoms with E-state index in [1.54, 1.807) is 18.9 Å². The highest BCUT2D eigenvalue weighted by molar-refractivity contribution is 7.99. The summed E-state index contributed by atoms with van der Waals surface area (Å²) in [4.78, 5) is 2.30. The van der Waals surface area contributed by atoms with Gasteiger partial charge in [0.25, 0.3) is 0 Å². The molecule has 2 aromatic carbocycles. The second-order valence-corrected chi connectivity index (χ2v) is 4.97. The van der Waals surface area contributed by atoms with E-state index in [2.05, 4.69) is 0 Å². The minimum Gasteiger partial charge on any atom is -0.497 e. The standard InChI is InChI=1S/C15H16O3S/c1-17-12-2-6-14(7-3-12)19-15-8-4-13(5-9-15)18-11-10-16/h2-9,16H,10-11H2,1H3. The Balaban J connectivity index is 1.98. The molecule has 3 nitrogen and oxygen atoms in total. The van der Waals surface area contributed by atoms with Crippen molar-refractivity contribution in [2.24, 2.45) is 0 Å². The van der Waals surface area contributed by atoms with Crippen LogP contribution in [0.2, 0.25) is 0 Å². The van der Waals surface area contributed by atoms with Crippen molar-refractivity contribution in [3.8, 4) is 11.5 Å². The van der Waals surface area contributed by atoms with E-state index in [4.69, 9.17) is 14.6 Å². The molecule has 0 radical (unpaired) electrons. The van der Waals surface area contributed by atoms with Crippen molar-refractivity contribution >= 4 is 11.8 Å². The van der Waals surface area contributed by atoms with Gasteiger partial charge in [-0.05, 0) is 48.5 Å². The van der Waals surface area contributed by atoms with Crippen LogP contribution in [-0.4, -0.2) is 25.4 Å². The fraction of sp³-hybridized carbons (Fsp3) is 0.200. The summed E-state index contributed by atoms with van der Waals surface area (Å²) in [7, 11) is 1.66. The zero-order chi connectivity index (χ0) is 13.5. The summed E-state index contributed by atoms with van der Waals surface area (Å²) in [5.41, 5.74) is 0. The lowest BCUT2D eigenvalue weighted by Gasteiger charge is -2.06. The van der Waals surface area contributed by atoms with Crippen LogP contribution in [0.25, 0.3) is 0 Å². The second kappa shape index (κ2) is 7.07. The van der Waals surface area contributed by atoms with Crippen molar-refractivity contribution in [3.63, 3.8) is 0 Å². The number of aliphatic hydroxyl groups excluding tert-OH is 1. The van der Waals surface area contributed by atoms with E-state index in [1.807, 2.05) is 48.5 Å². The molecule has 0 atom stereocenters. The van der Waals surface area contributed by atoms with E-state index in [1.165, 1.54) is 0 Å². The monoisotopic (exact) mass is 276 g/mol. The Morgan fingerprint density at radius 2 is 1.42 bits per heavy atom. The van der Waals surface area contributed by atoms with E-state index in [0.29, 0.717) is 6.61 Å². The number of rotatable bonds is 6. The van der Waals surface area contributed by atoms with Crippen LogP contribution in [0.4, 0.5) is 0 Å². The Labute approximate surface area is 117 Å². The summed E-state index contributed by atoms with van der Waals surface area (Å²) in [5.74, 6) is 1.63.